The van der Waals surface area contributed by atoms with Crippen LogP contribution in [0.1, 0.15) is 69.6 Å². The standard InChI is InChI=1S/C27H33F3N2S/c1-5-20(18-26(31-6-2)32-15-9-10-16-32)21-13-14-25(23(17-21)27(28,29)30)33-24-12-8-7-11-22(24)19(3)4/h7-8,11-14,17-19H,5-6,9-10,15-16H2,1-4H3/b20-18+,31-26?. The minimum absolute atomic E-state index is 0.233. The fourth-order valence-corrected chi connectivity index (χ4v) is 5.33. The molecule has 0 aromatic heterocycles. The van der Waals surface area contributed by atoms with Crippen LogP contribution in [0, 0.1) is 0 Å². The Labute approximate surface area is 200 Å². The van der Waals surface area contributed by atoms with Gasteiger partial charge in [0.1, 0.15) is 5.84 Å². The van der Waals surface area contributed by atoms with Crippen molar-refractivity contribution in [3.63, 3.8) is 0 Å². The van der Waals surface area contributed by atoms with Gasteiger partial charge in [-0.3, -0.25) is 4.99 Å². The summed E-state index contributed by atoms with van der Waals surface area (Å²) < 4.78 is 42.4. The van der Waals surface area contributed by atoms with Crippen LogP contribution in [-0.2, 0) is 6.18 Å². The van der Waals surface area contributed by atoms with E-state index in [2.05, 4.69) is 23.7 Å². The zero-order valence-electron chi connectivity index (χ0n) is 19.9. The highest BCUT2D eigenvalue weighted by atomic mass is 32.2. The molecule has 2 nitrogen and oxygen atoms in total. The monoisotopic (exact) mass is 474 g/mol. The van der Waals surface area contributed by atoms with Crippen LogP contribution in [0.5, 0.6) is 0 Å². The largest absolute Gasteiger partial charge is 0.417 e. The first-order valence-electron chi connectivity index (χ1n) is 11.7. The van der Waals surface area contributed by atoms with E-state index >= 15 is 0 Å². The molecule has 0 spiro atoms. The zero-order valence-corrected chi connectivity index (χ0v) is 20.7. The first-order valence-corrected chi connectivity index (χ1v) is 12.5. The molecule has 3 rings (SSSR count). The summed E-state index contributed by atoms with van der Waals surface area (Å²) >= 11 is 1.20. The fraction of sp³-hybridized carbons (Fsp3) is 0.444. The lowest BCUT2D eigenvalue weighted by atomic mass is 10.00. The van der Waals surface area contributed by atoms with Gasteiger partial charge in [0.25, 0.3) is 0 Å². The predicted octanol–water partition coefficient (Wildman–Crippen LogP) is 8.29. The van der Waals surface area contributed by atoms with Crippen LogP contribution in [0.4, 0.5) is 13.2 Å². The minimum Gasteiger partial charge on any atom is -0.357 e. The van der Waals surface area contributed by atoms with Crippen molar-refractivity contribution in [1.82, 2.24) is 4.90 Å². The summed E-state index contributed by atoms with van der Waals surface area (Å²) in [7, 11) is 0. The second-order valence-corrected chi connectivity index (χ2v) is 9.64. The molecule has 178 valence electrons. The van der Waals surface area contributed by atoms with Crippen LogP contribution in [0.15, 0.2) is 63.3 Å². The maximum atomic E-state index is 14.1. The predicted molar refractivity (Wildman–Crippen MR) is 133 cm³/mol. The van der Waals surface area contributed by atoms with Crippen molar-refractivity contribution < 1.29 is 13.2 Å². The number of alkyl halides is 3. The molecular formula is C27H33F3N2S. The molecule has 0 aliphatic carbocycles. The number of halogens is 3. The SMILES string of the molecule is CCN=C(/C=C(\CC)c1ccc(Sc2ccccc2C(C)C)c(C(F)(F)F)c1)N1CCCC1. The van der Waals surface area contributed by atoms with E-state index in [-0.39, 0.29) is 10.8 Å². The van der Waals surface area contributed by atoms with Gasteiger partial charge in [-0.05, 0) is 73.1 Å². The van der Waals surface area contributed by atoms with Crippen molar-refractivity contribution in [3.8, 4) is 0 Å². The van der Waals surface area contributed by atoms with Gasteiger partial charge >= 0.3 is 6.18 Å². The first kappa shape index (κ1) is 25.4. The van der Waals surface area contributed by atoms with E-state index in [4.69, 9.17) is 0 Å². The molecule has 2 aromatic carbocycles. The summed E-state index contributed by atoms with van der Waals surface area (Å²) in [4.78, 5) is 7.96. The van der Waals surface area contributed by atoms with Gasteiger partial charge in [-0.1, -0.05) is 56.8 Å². The lowest BCUT2D eigenvalue weighted by Gasteiger charge is -2.20. The fourth-order valence-electron chi connectivity index (χ4n) is 4.10. The summed E-state index contributed by atoms with van der Waals surface area (Å²) in [5.74, 6) is 1.11. The highest BCUT2D eigenvalue weighted by Gasteiger charge is 2.34. The summed E-state index contributed by atoms with van der Waals surface area (Å²) in [6, 6.07) is 12.4. The van der Waals surface area contributed by atoms with Gasteiger partial charge in [-0.25, -0.2) is 0 Å². The number of hydrogen-bond donors (Lipinski definition) is 0. The maximum absolute atomic E-state index is 14.1. The normalized spacial score (nSPS) is 15.6. The average molecular weight is 475 g/mol. The Bertz CT molecular complexity index is 1000. The molecule has 1 fully saturated rings. The second kappa shape index (κ2) is 11.3. The molecular weight excluding hydrogens is 441 g/mol. The van der Waals surface area contributed by atoms with E-state index in [0.29, 0.717) is 18.5 Å². The lowest BCUT2D eigenvalue weighted by molar-refractivity contribution is -0.139. The Kier molecular flexibility index (Phi) is 8.69. The Hall–Kier alpha value is -2.21. The molecule has 1 saturated heterocycles. The first-order chi connectivity index (χ1) is 15.7. The van der Waals surface area contributed by atoms with Crippen molar-refractivity contribution in [2.45, 2.75) is 68.8 Å². The lowest BCUT2D eigenvalue weighted by Crippen LogP contribution is -2.26. The highest BCUT2D eigenvalue weighted by molar-refractivity contribution is 7.99. The van der Waals surface area contributed by atoms with Crippen molar-refractivity contribution in [2.24, 2.45) is 4.99 Å². The van der Waals surface area contributed by atoms with Gasteiger partial charge < -0.3 is 4.90 Å². The number of amidine groups is 1. The van der Waals surface area contributed by atoms with Crippen molar-refractivity contribution in [3.05, 3.63) is 65.2 Å². The number of benzene rings is 2. The van der Waals surface area contributed by atoms with Crippen LogP contribution in [0.2, 0.25) is 0 Å². The van der Waals surface area contributed by atoms with Crippen LogP contribution < -0.4 is 0 Å². The smallest absolute Gasteiger partial charge is 0.357 e. The van der Waals surface area contributed by atoms with Crippen LogP contribution in [0.3, 0.4) is 0 Å². The summed E-state index contributed by atoms with van der Waals surface area (Å²) in [5.41, 5.74) is 1.95. The number of rotatable bonds is 7. The van der Waals surface area contributed by atoms with Gasteiger partial charge in [0.05, 0.1) is 5.56 Å². The second-order valence-electron chi connectivity index (χ2n) is 8.55. The number of allylic oxidation sites excluding steroid dienone is 1. The van der Waals surface area contributed by atoms with Crippen molar-refractivity contribution in [2.75, 3.05) is 19.6 Å². The van der Waals surface area contributed by atoms with Crippen LogP contribution in [-0.4, -0.2) is 30.4 Å². The molecule has 0 atom stereocenters. The number of aliphatic imine (C=N–C) groups is 1. The van der Waals surface area contributed by atoms with E-state index in [1.54, 1.807) is 6.07 Å². The zero-order chi connectivity index (χ0) is 24.0. The summed E-state index contributed by atoms with van der Waals surface area (Å²) in [5, 5.41) is 0. The average Bonchev–Trinajstić information content (AvgIpc) is 3.31. The van der Waals surface area contributed by atoms with Gasteiger partial charge in [0, 0.05) is 29.4 Å². The summed E-state index contributed by atoms with van der Waals surface area (Å²) in [6.45, 7) is 10.6. The molecule has 0 bridgehead atoms. The molecule has 0 amide bonds. The molecule has 1 aliphatic heterocycles. The summed E-state index contributed by atoms with van der Waals surface area (Å²) in [6.07, 6.45) is 0.432. The molecule has 1 aliphatic rings. The Morgan fingerprint density at radius 1 is 1.06 bits per heavy atom. The van der Waals surface area contributed by atoms with Gasteiger partial charge in [0.15, 0.2) is 0 Å². The molecule has 6 heteroatoms. The quantitative estimate of drug-likeness (QED) is 0.296. The third-order valence-corrected chi connectivity index (χ3v) is 7.02. The van der Waals surface area contributed by atoms with E-state index in [0.717, 1.165) is 47.8 Å². The molecule has 0 unspecified atom stereocenters. The Morgan fingerprint density at radius 3 is 2.36 bits per heavy atom. The molecule has 0 saturated carbocycles. The topological polar surface area (TPSA) is 15.6 Å². The maximum Gasteiger partial charge on any atom is 0.417 e. The highest BCUT2D eigenvalue weighted by Crippen LogP contribution is 2.42. The third-order valence-electron chi connectivity index (χ3n) is 5.85. The van der Waals surface area contributed by atoms with E-state index in [9.17, 15) is 13.2 Å². The van der Waals surface area contributed by atoms with Gasteiger partial charge in [0.2, 0.25) is 0 Å². The number of likely N-dealkylation sites (tertiary alicyclic amines) is 1. The Balaban J connectivity index is 2.01. The van der Waals surface area contributed by atoms with E-state index in [1.165, 1.54) is 17.8 Å². The van der Waals surface area contributed by atoms with Gasteiger partial charge in [-0.15, -0.1) is 0 Å². The third kappa shape index (κ3) is 6.44. The van der Waals surface area contributed by atoms with Crippen molar-refractivity contribution in [1.29, 1.82) is 0 Å². The van der Waals surface area contributed by atoms with Crippen molar-refractivity contribution >= 4 is 23.2 Å². The minimum atomic E-state index is -4.43. The molecule has 0 radical (unpaired) electrons. The Morgan fingerprint density at radius 2 is 1.76 bits per heavy atom. The number of nitrogens with zero attached hydrogens (tertiary/aromatic N) is 2. The molecule has 1 heterocycles. The molecule has 2 aromatic rings. The van der Waals surface area contributed by atoms with E-state index < -0.39 is 11.7 Å². The van der Waals surface area contributed by atoms with Crippen LogP contribution >= 0.6 is 11.8 Å². The van der Waals surface area contributed by atoms with E-state index in [1.807, 2.05) is 50.3 Å². The molecule has 0 N–H and O–H groups in total. The van der Waals surface area contributed by atoms with Crippen LogP contribution in [0.25, 0.3) is 5.57 Å². The molecule has 33 heavy (non-hydrogen) atoms. The number of hydrogen-bond acceptors (Lipinski definition) is 2. The van der Waals surface area contributed by atoms with Gasteiger partial charge in [-0.2, -0.15) is 13.2 Å².